The highest BCUT2D eigenvalue weighted by molar-refractivity contribution is 6.32. The maximum atomic E-state index is 11.5. The van der Waals surface area contributed by atoms with Crippen LogP contribution in [0, 0.1) is 0 Å². The van der Waals surface area contributed by atoms with E-state index in [4.69, 9.17) is 22.1 Å². The standard InChI is InChI=1S/C12H15ClN2O2/c13-9-3-1-2-8-10(5-7-17-12(8)9)15-11(16)4-6-14/h1-3,10H,4-7,14H2,(H,15,16). The first-order valence-electron chi connectivity index (χ1n) is 5.63. The summed E-state index contributed by atoms with van der Waals surface area (Å²) in [6.45, 7) is 0.918. The van der Waals surface area contributed by atoms with Crippen LogP contribution >= 0.6 is 11.6 Å². The Bertz CT molecular complexity index is 423. The van der Waals surface area contributed by atoms with E-state index in [1.54, 1.807) is 6.07 Å². The van der Waals surface area contributed by atoms with E-state index >= 15 is 0 Å². The van der Waals surface area contributed by atoms with E-state index in [0.29, 0.717) is 30.3 Å². The molecule has 4 nitrogen and oxygen atoms in total. The summed E-state index contributed by atoms with van der Waals surface area (Å²) < 4.78 is 5.52. The zero-order chi connectivity index (χ0) is 12.3. The summed E-state index contributed by atoms with van der Waals surface area (Å²) >= 11 is 6.05. The molecule has 1 unspecified atom stereocenters. The molecule has 0 radical (unpaired) electrons. The number of nitrogens with two attached hydrogens (primary N) is 1. The van der Waals surface area contributed by atoms with Crippen molar-refractivity contribution < 1.29 is 9.53 Å². The molecular formula is C12H15ClN2O2. The molecule has 0 saturated heterocycles. The molecule has 17 heavy (non-hydrogen) atoms. The number of amides is 1. The van der Waals surface area contributed by atoms with Crippen molar-refractivity contribution in [1.29, 1.82) is 0 Å². The van der Waals surface area contributed by atoms with Crippen LogP contribution in [0.2, 0.25) is 5.02 Å². The van der Waals surface area contributed by atoms with Crippen molar-refractivity contribution >= 4 is 17.5 Å². The van der Waals surface area contributed by atoms with E-state index < -0.39 is 0 Å². The summed E-state index contributed by atoms with van der Waals surface area (Å²) in [6, 6.07) is 5.53. The van der Waals surface area contributed by atoms with Gasteiger partial charge >= 0.3 is 0 Å². The van der Waals surface area contributed by atoms with E-state index in [2.05, 4.69) is 5.32 Å². The summed E-state index contributed by atoms with van der Waals surface area (Å²) in [6.07, 6.45) is 1.09. The Hall–Kier alpha value is -1.26. The third-order valence-corrected chi connectivity index (χ3v) is 3.03. The predicted octanol–water partition coefficient (Wildman–Crippen LogP) is 1.63. The SMILES string of the molecule is NCCC(=O)NC1CCOc2c(Cl)cccc21. The van der Waals surface area contributed by atoms with Gasteiger partial charge in [0.2, 0.25) is 5.91 Å². The minimum atomic E-state index is -0.0367. The van der Waals surface area contributed by atoms with Gasteiger partial charge in [-0.05, 0) is 6.07 Å². The van der Waals surface area contributed by atoms with Crippen LogP contribution in [0.1, 0.15) is 24.4 Å². The van der Waals surface area contributed by atoms with Crippen LogP contribution in [0.25, 0.3) is 0 Å². The van der Waals surface area contributed by atoms with Gasteiger partial charge in [0.25, 0.3) is 0 Å². The smallest absolute Gasteiger partial charge is 0.221 e. The summed E-state index contributed by atoms with van der Waals surface area (Å²) in [4.78, 5) is 11.5. The minimum Gasteiger partial charge on any atom is -0.492 e. The Balaban J connectivity index is 2.17. The van der Waals surface area contributed by atoms with Crippen LogP contribution < -0.4 is 15.8 Å². The van der Waals surface area contributed by atoms with Crippen LogP contribution in [0.3, 0.4) is 0 Å². The quantitative estimate of drug-likeness (QED) is 0.862. The van der Waals surface area contributed by atoms with Gasteiger partial charge in [-0.25, -0.2) is 0 Å². The first kappa shape index (κ1) is 12.2. The van der Waals surface area contributed by atoms with Gasteiger partial charge in [-0.15, -0.1) is 0 Å². The van der Waals surface area contributed by atoms with Crippen molar-refractivity contribution in [3.8, 4) is 5.75 Å². The number of halogens is 1. The second-order valence-corrected chi connectivity index (χ2v) is 4.36. The normalized spacial score (nSPS) is 18.1. The molecule has 0 saturated carbocycles. The van der Waals surface area contributed by atoms with Gasteiger partial charge < -0.3 is 15.8 Å². The topological polar surface area (TPSA) is 64.4 Å². The number of hydrogen-bond donors (Lipinski definition) is 2. The van der Waals surface area contributed by atoms with Crippen LogP contribution in [0.4, 0.5) is 0 Å². The van der Waals surface area contributed by atoms with E-state index in [9.17, 15) is 4.79 Å². The molecule has 1 atom stereocenters. The molecule has 1 amide bonds. The van der Waals surface area contributed by atoms with Crippen LogP contribution in [-0.2, 0) is 4.79 Å². The Morgan fingerprint density at radius 3 is 3.18 bits per heavy atom. The average molecular weight is 255 g/mol. The molecule has 0 spiro atoms. The van der Waals surface area contributed by atoms with Gasteiger partial charge in [-0.2, -0.15) is 0 Å². The number of rotatable bonds is 3. The number of carbonyl (C=O) groups excluding carboxylic acids is 1. The third kappa shape index (κ3) is 2.70. The maximum absolute atomic E-state index is 11.5. The molecule has 5 heteroatoms. The molecule has 1 aliphatic rings. The number of ether oxygens (including phenoxy) is 1. The maximum Gasteiger partial charge on any atom is 0.221 e. The fourth-order valence-corrected chi connectivity index (χ4v) is 2.17. The number of nitrogens with one attached hydrogen (secondary N) is 1. The molecule has 3 N–H and O–H groups in total. The van der Waals surface area contributed by atoms with E-state index in [0.717, 1.165) is 12.0 Å². The zero-order valence-corrected chi connectivity index (χ0v) is 10.2. The van der Waals surface area contributed by atoms with Gasteiger partial charge in [-0.3, -0.25) is 4.79 Å². The van der Waals surface area contributed by atoms with Gasteiger partial charge in [0.15, 0.2) is 0 Å². The van der Waals surface area contributed by atoms with E-state index in [1.807, 2.05) is 12.1 Å². The molecule has 1 heterocycles. The second kappa shape index (κ2) is 5.38. The van der Waals surface area contributed by atoms with Crippen molar-refractivity contribution in [1.82, 2.24) is 5.32 Å². The Morgan fingerprint density at radius 2 is 2.41 bits per heavy atom. The van der Waals surface area contributed by atoms with Crippen LogP contribution in [-0.4, -0.2) is 19.1 Å². The molecule has 0 aromatic heterocycles. The third-order valence-electron chi connectivity index (χ3n) is 2.73. The van der Waals surface area contributed by atoms with E-state index in [-0.39, 0.29) is 11.9 Å². The lowest BCUT2D eigenvalue weighted by Crippen LogP contribution is -2.33. The molecule has 92 valence electrons. The molecule has 0 bridgehead atoms. The summed E-state index contributed by atoms with van der Waals surface area (Å²) in [5, 5.41) is 3.53. The monoisotopic (exact) mass is 254 g/mol. The van der Waals surface area contributed by atoms with Gasteiger partial charge in [0, 0.05) is 24.9 Å². The van der Waals surface area contributed by atoms with Gasteiger partial charge in [-0.1, -0.05) is 23.7 Å². The van der Waals surface area contributed by atoms with Gasteiger partial charge in [0.05, 0.1) is 17.7 Å². The molecule has 1 aromatic carbocycles. The Labute approximate surface area is 105 Å². The Morgan fingerprint density at radius 1 is 1.59 bits per heavy atom. The first-order chi connectivity index (χ1) is 8.22. The fourth-order valence-electron chi connectivity index (χ4n) is 1.93. The van der Waals surface area contributed by atoms with Crippen LogP contribution in [0.15, 0.2) is 18.2 Å². The lowest BCUT2D eigenvalue weighted by atomic mass is 10.0. The number of benzene rings is 1. The van der Waals surface area contributed by atoms with Crippen molar-refractivity contribution in [2.24, 2.45) is 5.73 Å². The fraction of sp³-hybridized carbons (Fsp3) is 0.417. The predicted molar refractivity (Wildman–Crippen MR) is 66.1 cm³/mol. The van der Waals surface area contributed by atoms with Crippen LogP contribution in [0.5, 0.6) is 5.75 Å². The van der Waals surface area contributed by atoms with Crippen molar-refractivity contribution in [3.63, 3.8) is 0 Å². The molecule has 0 fully saturated rings. The average Bonchev–Trinajstić information content (AvgIpc) is 2.31. The lowest BCUT2D eigenvalue weighted by molar-refractivity contribution is -0.121. The highest BCUT2D eigenvalue weighted by Crippen LogP contribution is 2.37. The second-order valence-electron chi connectivity index (χ2n) is 3.95. The van der Waals surface area contributed by atoms with Crippen molar-refractivity contribution in [2.45, 2.75) is 18.9 Å². The zero-order valence-electron chi connectivity index (χ0n) is 9.41. The van der Waals surface area contributed by atoms with Gasteiger partial charge in [0.1, 0.15) is 5.75 Å². The molecule has 2 rings (SSSR count). The Kier molecular flexibility index (Phi) is 3.86. The highest BCUT2D eigenvalue weighted by Gasteiger charge is 2.24. The lowest BCUT2D eigenvalue weighted by Gasteiger charge is -2.27. The number of para-hydroxylation sites is 1. The molecule has 1 aromatic rings. The summed E-state index contributed by atoms with van der Waals surface area (Å²) in [5.74, 6) is 0.642. The summed E-state index contributed by atoms with van der Waals surface area (Å²) in [5.41, 5.74) is 6.29. The number of fused-ring (bicyclic) bond motifs is 1. The first-order valence-corrected chi connectivity index (χ1v) is 6.01. The molecule has 1 aliphatic heterocycles. The number of hydrogen-bond acceptors (Lipinski definition) is 3. The molecular weight excluding hydrogens is 240 g/mol. The highest BCUT2D eigenvalue weighted by atomic mass is 35.5. The minimum absolute atomic E-state index is 0.0310. The van der Waals surface area contributed by atoms with Crippen molar-refractivity contribution in [3.05, 3.63) is 28.8 Å². The number of carbonyl (C=O) groups is 1. The van der Waals surface area contributed by atoms with E-state index in [1.165, 1.54) is 0 Å². The van der Waals surface area contributed by atoms with Crippen molar-refractivity contribution in [2.75, 3.05) is 13.2 Å². The summed E-state index contributed by atoms with van der Waals surface area (Å²) in [7, 11) is 0. The largest absolute Gasteiger partial charge is 0.492 e. The molecule has 0 aliphatic carbocycles.